The topological polar surface area (TPSA) is 116 Å². The molecule has 0 aliphatic carbocycles. The zero-order chi connectivity index (χ0) is 20.0. The Balaban J connectivity index is 1.88. The number of halogens is 1. The maximum atomic E-state index is 12.1. The van der Waals surface area contributed by atoms with Gasteiger partial charge in [-0.2, -0.15) is 0 Å². The van der Waals surface area contributed by atoms with Crippen molar-refractivity contribution in [3.05, 3.63) is 64.2 Å². The van der Waals surface area contributed by atoms with E-state index in [1.54, 1.807) is 0 Å². The lowest BCUT2D eigenvalue weighted by Crippen LogP contribution is -2.30. The second-order valence-corrected chi connectivity index (χ2v) is 7.76. The Morgan fingerprint density at radius 3 is 2.56 bits per heavy atom. The summed E-state index contributed by atoms with van der Waals surface area (Å²) in [5.74, 6) is -1.39. The molecule has 0 spiro atoms. The summed E-state index contributed by atoms with van der Waals surface area (Å²) in [5, 5.41) is 7.67. The number of carbonyl (C=O) groups is 2. The van der Waals surface area contributed by atoms with E-state index in [0.717, 1.165) is 17.2 Å². The second kappa shape index (κ2) is 8.98. The molecule has 0 saturated carbocycles. The zero-order valence-corrected chi connectivity index (χ0v) is 16.1. The Bertz CT molecular complexity index is 960. The van der Waals surface area contributed by atoms with Gasteiger partial charge in [0.05, 0.1) is 15.5 Å². The third-order valence-electron chi connectivity index (χ3n) is 3.80. The molecule has 0 aromatic heterocycles. The van der Waals surface area contributed by atoms with Crippen molar-refractivity contribution in [2.24, 2.45) is 5.14 Å². The molecule has 1 amide bonds. The average molecular weight is 411 g/mol. The number of aryl methyl sites for hydroxylation is 1. The number of hydrogen-bond acceptors (Lipinski definition) is 5. The highest BCUT2D eigenvalue weighted by molar-refractivity contribution is 7.89. The van der Waals surface area contributed by atoms with Gasteiger partial charge in [0.2, 0.25) is 10.0 Å². The predicted octanol–water partition coefficient (Wildman–Crippen LogP) is 1.81. The summed E-state index contributed by atoms with van der Waals surface area (Å²) < 4.78 is 27.6. The predicted molar refractivity (Wildman–Crippen MR) is 101 cm³/mol. The SMILES string of the molecule is Cc1ccccc1CCNC(=O)COC(=O)c1cc(S(N)(=O)=O)ccc1Cl. The fourth-order valence-corrected chi connectivity index (χ4v) is 3.06. The Kier molecular flexibility index (Phi) is 6.95. The summed E-state index contributed by atoms with van der Waals surface area (Å²) in [6, 6.07) is 11.2. The maximum absolute atomic E-state index is 12.1. The molecule has 0 heterocycles. The van der Waals surface area contributed by atoms with Crippen molar-refractivity contribution in [2.75, 3.05) is 13.2 Å². The molecular weight excluding hydrogens is 392 g/mol. The van der Waals surface area contributed by atoms with E-state index in [-0.39, 0.29) is 15.5 Å². The molecule has 0 fully saturated rings. The van der Waals surface area contributed by atoms with E-state index < -0.39 is 28.5 Å². The number of nitrogens with two attached hydrogens (primary N) is 1. The summed E-state index contributed by atoms with van der Waals surface area (Å²) >= 11 is 5.89. The van der Waals surface area contributed by atoms with E-state index in [1.165, 1.54) is 12.1 Å². The quantitative estimate of drug-likeness (QED) is 0.675. The van der Waals surface area contributed by atoms with Crippen LogP contribution in [-0.4, -0.2) is 33.4 Å². The van der Waals surface area contributed by atoms with Crippen molar-refractivity contribution >= 4 is 33.5 Å². The molecule has 0 atom stereocenters. The molecule has 0 radical (unpaired) electrons. The van der Waals surface area contributed by atoms with Crippen LogP contribution in [0.1, 0.15) is 21.5 Å². The van der Waals surface area contributed by atoms with Crippen LogP contribution in [-0.2, 0) is 26.0 Å². The van der Waals surface area contributed by atoms with Crippen molar-refractivity contribution in [3.8, 4) is 0 Å². The largest absolute Gasteiger partial charge is 0.452 e. The molecular formula is C18H19ClN2O5S. The number of ether oxygens (including phenoxy) is 1. The van der Waals surface area contributed by atoms with Gasteiger partial charge in [0.1, 0.15) is 0 Å². The van der Waals surface area contributed by atoms with Gasteiger partial charge in [0, 0.05) is 6.54 Å². The van der Waals surface area contributed by atoms with Crippen LogP contribution < -0.4 is 10.5 Å². The van der Waals surface area contributed by atoms with E-state index in [4.69, 9.17) is 21.5 Å². The molecule has 0 unspecified atom stereocenters. The number of sulfonamides is 1. The van der Waals surface area contributed by atoms with Gasteiger partial charge in [-0.05, 0) is 42.7 Å². The number of esters is 1. The Morgan fingerprint density at radius 1 is 1.19 bits per heavy atom. The van der Waals surface area contributed by atoms with Gasteiger partial charge in [-0.1, -0.05) is 35.9 Å². The van der Waals surface area contributed by atoms with Gasteiger partial charge in [0.15, 0.2) is 6.61 Å². The van der Waals surface area contributed by atoms with Crippen LogP contribution in [0.3, 0.4) is 0 Å². The number of rotatable bonds is 7. The highest BCUT2D eigenvalue weighted by atomic mass is 35.5. The normalized spacial score (nSPS) is 11.1. The molecule has 2 rings (SSSR count). The summed E-state index contributed by atoms with van der Waals surface area (Å²) in [6.07, 6.45) is 0.647. The van der Waals surface area contributed by atoms with E-state index in [2.05, 4.69) is 5.32 Å². The number of benzene rings is 2. The first-order chi connectivity index (χ1) is 12.7. The summed E-state index contributed by atoms with van der Waals surface area (Å²) in [6.45, 7) is 1.86. The Labute approximate surface area is 162 Å². The molecule has 0 aliphatic heterocycles. The molecule has 9 heteroatoms. The van der Waals surface area contributed by atoms with Crippen molar-refractivity contribution in [1.82, 2.24) is 5.32 Å². The van der Waals surface area contributed by atoms with E-state index in [0.29, 0.717) is 13.0 Å². The van der Waals surface area contributed by atoms with Crippen molar-refractivity contribution in [2.45, 2.75) is 18.2 Å². The lowest BCUT2D eigenvalue weighted by atomic mass is 10.1. The van der Waals surface area contributed by atoms with E-state index >= 15 is 0 Å². The molecule has 3 N–H and O–H groups in total. The van der Waals surface area contributed by atoms with Crippen LogP contribution >= 0.6 is 11.6 Å². The molecule has 144 valence electrons. The Hall–Kier alpha value is -2.42. The average Bonchev–Trinajstić information content (AvgIpc) is 2.60. The monoisotopic (exact) mass is 410 g/mol. The van der Waals surface area contributed by atoms with Gasteiger partial charge in [0.25, 0.3) is 5.91 Å². The van der Waals surface area contributed by atoms with Gasteiger partial charge in [-0.3, -0.25) is 4.79 Å². The van der Waals surface area contributed by atoms with Gasteiger partial charge in [-0.25, -0.2) is 18.4 Å². The van der Waals surface area contributed by atoms with E-state index in [9.17, 15) is 18.0 Å². The molecule has 7 nitrogen and oxygen atoms in total. The summed E-state index contributed by atoms with van der Waals surface area (Å²) in [5.41, 5.74) is 2.06. The van der Waals surface area contributed by atoms with Crippen LogP contribution in [0.5, 0.6) is 0 Å². The number of primary sulfonamides is 1. The van der Waals surface area contributed by atoms with Crippen LogP contribution in [0.2, 0.25) is 5.02 Å². The van der Waals surface area contributed by atoms with Crippen LogP contribution in [0.4, 0.5) is 0 Å². The van der Waals surface area contributed by atoms with Crippen molar-refractivity contribution < 1.29 is 22.7 Å². The minimum Gasteiger partial charge on any atom is -0.452 e. The number of nitrogens with one attached hydrogen (secondary N) is 1. The smallest absolute Gasteiger partial charge is 0.340 e. The number of carbonyl (C=O) groups excluding carboxylic acids is 2. The van der Waals surface area contributed by atoms with Crippen molar-refractivity contribution in [3.63, 3.8) is 0 Å². The summed E-state index contributed by atoms with van der Waals surface area (Å²) in [7, 11) is -3.99. The Morgan fingerprint density at radius 2 is 1.89 bits per heavy atom. The fourth-order valence-electron chi connectivity index (χ4n) is 2.32. The number of amides is 1. The molecule has 0 bridgehead atoms. The first-order valence-electron chi connectivity index (χ1n) is 7.99. The van der Waals surface area contributed by atoms with Crippen LogP contribution in [0.15, 0.2) is 47.4 Å². The van der Waals surface area contributed by atoms with Crippen LogP contribution in [0.25, 0.3) is 0 Å². The minimum atomic E-state index is -3.99. The molecule has 2 aromatic rings. The zero-order valence-electron chi connectivity index (χ0n) is 14.6. The summed E-state index contributed by atoms with van der Waals surface area (Å²) in [4.78, 5) is 23.6. The molecule has 0 aliphatic rings. The van der Waals surface area contributed by atoms with Gasteiger partial charge >= 0.3 is 5.97 Å². The first-order valence-corrected chi connectivity index (χ1v) is 9.91. The van der Waals surface area contributed by atoms with Gasteiger partial charge < -0.3 is 10.1 Å². The third-order valence-corrected chi connectivity index (χ3v) is 5.04. The highest BCUT2D eigenvalue weighted by Gasteiger charge is 2.18. The van der Waals surface area contributed by atoms with Crippen LogP contribution in [0, 0.1) is 6.92 Å². The third kappa shape index (κ3) is 6.06. The molecule has 2 aromatic carbocycles. The number of hydrogen-bond donors (Lipinski definition) is 2. The second-order valence-electron chi connectivity index (χ2n) is 5.79. The maximum Gasteiger partial charge on any atom is 0.340 e. The van der Waals surface area contributed by atoms with E-state index in [1.807, 2.05) is 31.2 Å². The van der Waals surface area contributed by atoms with Crippen molar-refractivity contribution in [1.29, 1.82) is 0 Å². The standard InChI is InChI=1S/C18H19ClN2O5S/c1-12-4-2-3-5-13(12)8-9-21-17(22)11-26-18(23)15-10-14(27(20,24)25)6-7-16(15)19/h2-7,10H,8-9,11H2,1H3,(H,21,22)(H2,20,24,25). The first kappa shape index (κ1) is 20.9. The lowest BCUT2D eigenvalue weighted by Gasteiger charge is -2.09. The molecule has 27 heavy (non-hydrogen) atoms. The molecule has 0 saturated heterocycles. The fraction of sp³-hybridized carbons (Fsp3) is 0.222. The lowest BCUT2D eigenvalue weighted by molar-refractivity contribution is -0.124. The van der Waals surface area contributed by atoms with Gasteiger partial charge in [-0.15, -0.1) is 0 Å². The minimum absolute atomic E-state index is 0.00707. The highest BCUT2D eigenvalue weighted by Crippen LogP contribution is 2.20.